The predicted molar refractivity (Wildman–Crippen MR) is 183 cm³/mol. The van der Waals surface area contributed by atoms with E-state index in [-0.39, 0.29) is 36.0 Å². The molecule has 11 nitrogen and oxygen atoms in total. The molecule has 1 rings (SSSR count). The van der Waals surface area contributed by atoms with Crippen molar-refractivity contribution in [1.82, 2.24) is 0 Å². The van der Waals surface area contributed by atoms with Gasteiger partial charge in [0, 0.05) is 49.9 Å². The molecule has 272 valence electrons. The first kappa shape index (κ1) is 42.6. The van der Waals surface area contributed by atoms with E-state index >= 15 is 0 Å². The summed E-state index contributed by atoms with van der Waals surface area (Å²) in [5, 5.41) is 22.3. The quantitative estimate of drug-likeness (QED) is 0.0734. The lowest BCUT2D eigenvalue weighted by molar-refractivity contribution is -0.189. The third-order valence-electron chi connectivity index (χ3n) is 9.18. The van der Waals surface area contributed by atoms with Gasteiger partial charge in [-0.2, -0.15) is 0 Å². The van der Waals surface area contributed by atoms with E-state index in [0.29, 0.717) is 6.42 Å². The summed E-state index contributed by atoms with van der Waals surface area (Å²) >= 11 is 0. The number of aliphatic hydroxyl groups excluding tert-OH is 2. The predicted octanol–water partition coefficient (Wildman–Crippen LogP) is 5.44. The zero-order valence-electron chi connectivity index (χ0n) is 30.3. The van der Waals surface area contributed by atoms with Crippen molar-refractivity contribution >= 4 is 24.0 Å². The first-order chi connectivity index (χ1) is 22.3. The summed E-state index contributed by atoms with van der Waals surface area (Å²) in [5.74, 6) is -3.80. The van der Waals surface area contributed by atoms with Crippen LogP contribution >= 0.6 is 0 Å². The lowest BCUT2D eigenvalue weighted by atomic mass is 9.81. The van der Waals surface area contributed by atoms with Crippen LogP contribution in [0, 0.1) is 41.4 Å². The Hall–Kier alpha value is -3.44. The number of rotatable bonds is 18. The molecule has 0 saturated carbocycles. The van der Waals surface area contributed by atoms with Crippen LogP contribution in [0.2, 0.25) is 0 Å². The van der Waals surface area contributed by atoms with Crippen LogP contribution in [0.5, 0.6) is 0 Å². The topological polar surface area (TPSA) is 172 Å². The SMILES string of the molecule is C=C/C=C\[C@H](C)[C@@H](OC(N)=O)[C@H](C)[C@H](O)[C@@H](C)C/C(C)=C\[C@@H](C)[C@@H](O)[C@@H](C)/C=C\[C@H](C[C@H]1OC(=O)[C@@H](C)[C@H](OC(C)=O)[C@@H]1C)OC(C)=O. The molecule has 1 saturated heterocycles. The van der Waals surface area contributed by atoms with E-state index in [1.807, 2.05) is 60.6 Å². The van der Waals surface area contributed by atoms with Gasteiger partial charge in [0.15, 0.2) is 0 Å². The van der Waals surface area contributed by atoms with E-state index in [9.17, 15) is 29.4 Å². The Labute approximate surface area is 286 Å². The van der Waals surface area contributed by atoms with Gasteiger partial charge in [0.2, 0.25) is 0 Å². The second-order valence-electron chi connectivity index (χ2n) is 13.6. The smallest absolute Gasteiger partial charge is 0.404 e. The molecule has 0 spiro atoms. The van der Waals surface area contributed by atoms with Gasteiger partial charge in [-0.3, -0.25) is 14.4 Å². The van der Waals surface area contributed by atoms with E-state index < -0.39 is 72.5 Å². The molecule has 1 fully saturated rings. The molecule has 1 heterocycles. The van der Waals surface area contributed by atoms with Crippen LogP contribution in [-0.4, -0.2) is 70.8 Å². The molecule has 13 atom stereocenters. The molecule has 48 heavy (non-hydrogen) atoms. The van der Waals surface area contributed by atoms with Crippen LogP contribution in [0.4, 0.5) is 4.79 Å². The standard InChI is InChI=1S/C37H59NO10/c1-12-13-14-22(4)34(48-37(38)44)26(8)33(42)24(6)18-20(2)17-23(5)32(41)21(3)15-16-30(45-28(10)39)19-31-25(7)35(46-29(11)40)27(9)36(43)47-31/h12-17,21-27,30-35,41-42H,1,18-19H2,2-11H3,(H2,38,44)/b14-13-,16-15-,20-17-/t21-,22-,23+,24-,25+,26+,27-,30+,31+,32-,33+,34+,35+/m0/s1. The van der Waals surface area contributed by atoms with Crippen molar-refractivity contribution < 1.29 is 48.3 Å². The molecule has 0 aliphatic carbocycles. The Balaban J connectivity index is 2.97. The maximum atomic E-state index is 12.5. The fourth-order valence-electron chi connectivity index (χ4n) is 6.48. The zero-order chi connectivity index (χ0) is 36.9. The molecule has 0 aromatic rings. The lowest BCUT2D eigenvalue weighted by Gasteiger charge is -2.39. The minimum atomic E-state index is -0.902. The monoisotopic (exact) mass is 677 g/mol. The van der Waals surface area contributed by atoms with Crippen LogP contribution in [0.3, 0.4) is 0 Å². The molecule has 11 heteroatoms. The Morgan fingerprint density at radius 1 is 0.917 bits per heavy atom. The first-order valence-corrected chi connectivity index (χ1v) is 16.8. The van der Waals surface area contributed by atoms with Crippen molar-refractivity contribution in [3.8, 4) is 0 Å². The van der Waals surface area contributed by atoms with Gasteiger partial charge in [0.05, 0.1) is 18.1 Å². The van der Waals surface area contributed by atoms with Gasteiger partial charge in [-0.25, -0.2) is 4.79 Å². The lowest BCUT2D eigenvalue weighted by Crippen LogP contribution is -2.49. The number of esters is 3. The number of hydrogen-bond donors (Lipinski definition) is 3. The number of aliphatic hydroxyl groups is 2. The number of cyclic esters (lactones) is 1. The van der Waals surface area contributed by atoms with E-state index in [0.717, 1.165) is 5.57 Å². The van der Waals surface area contributed by atoms with Crippen LogP contribution in [0.1, 0.15) is 82.1 Å². The first-order valence-electron chi connectivity index (χ1n) is 16.8. The Kier molecular flexibility index (Phi) is 17.9. The second kappa shape index (κ2) is 20.2. The van der Waals surface area contributed by atoms with E-state index in [2.05, 4.69) is 6.58 Å². The maximum Gasteiger partial charge on any atom is 0.404 e. The van der Waals surface area contributed by atoms with Crippen molar-refractivity contribution in [2.75, 3.05) is 0 Å². The van der Waals surface area contributed by atoms with Crippen LogP contribution < -0.4 is 5.73 Å². The molecule has 4 N–H and O–H groups in total. The van der Waals surface area contributed by atoms with Crippen LogP contribution in [-0.2, 0) is 33.3 Å². The Morgan fingerprint density at radius 3 is 2.08 bits per heavy atom. The van der Waals surface area contributed by atoms with Gasteiger partial charge in [0.25, 0.3) is 0 Å². The van der Waals surface area contributed by atoms with E-state index in [1.54, 1.807) is 31.2 Å². The van der Waals surface area contributed by atoms with Gasteiger partial charge in [0.1, 0.15) is 24.4 Å². The third kappa shape index (κ3) is 13.6. The van der Waals surface area contributed by atoms with Crippen molar-refractivity contribution in [3.05, 3.63) is 48.6 Å². The number of carbonyl (C=O) groups excluding carboxylic acids is 4. The molecular weight excluding hydrogens is 618 g/mol. The fraction of sp³-hybridized carbons (Fsp3) is 0.676. The maximum absolute atomic E-state index is 12.5. The number of amides is 1. The van der Waals surface area contributed by atoms with Gasteiger partial charge in [-0.1, -0.05) is 84.1 Å². The number of hydrogen-bond acceptors (Lipinski definition) is 10. The van der Waals surface area contributed by atoms with Crippen LogP contribution in [0.15, 0.2) is 48.6 Å². The molecule has 1 amide bonds. The average Bonchev–Trinajstić information content (AvgIpc) is 3.00. The average molecular weight is 678 g/mol. The highest BCUT2D eigenvalue weighted by molar-refractivity contribution is 5.75. The summed E-state index contributed by atoms with van der Waals surface area (Å²) < 4.78 is 21.9. The van der Waals surface area contributed by atoms with Crippen molar-refractivity contribution in [2.24, 2.45) is 47.2 Å². The van der Waals surface area contributed by atoms with E-state index in [4.69, 9.17) is 24.7 Å². The fourth-order valence-corrected chi connectivity index (χ4v) is 6.48. The van der Waals surface area contributed by atoms with Gasteiger partial charge in [-0.15, -0.1) is 0 Å². The Bertz CT molecular complexity index is 1180. The largest absolute Gasteiger partial charge is 0.461 e. The second-order valence-corrected chi connectivity index (χ2v) is 13.6. The molecule has 0 radical (unpaired) electrons. The number of primary amides is 1. The Morgan fingerprint density at radius 2 is 1.54 bits per heavy atom. The minimum Gasteiger partial charge on any atom is -0.461 e. The molecule has 1 aliphatic heterocycles. The van der Waals surface area contributed by atoms with Crippen LogP contribution in [0.25, 0.3) is 0 Å². The molecule has 1 aliphatic rings. The highest BCUT2D eigenvalue weighted by Gasteiger charge is 2.44. The summed E-state index contributed by atoms with van der Waals surface area (Å²) in [5.41, 5.74) is 6.30. The summed E-state index contributed by atoms with van der Waals surface area (Å²) in [6, 6.07) is 0. The normalized spacial score (nSPS) is 25.9. The highest BCUT2D eigenvalue weighted by Crippen LogP contribution is 2.33. The number of carbonyl (C=O) groups is 4. The highest BCUT2D eigenvalue weighted by atomic mass is 16.6. The van der Waals surface area contributed by atoms with Crippen molar-refractivity contribution in [2.45, 2.75) is 119 Å². The van der Waals surface area contributed by atoms with Gasteiger partial charge < -0.3 is 34.9 Å². The molecule has 0 aromatic carbocycles. The summed E-state index contributed by atoms with van der Waals surface area (Å²) in [6.07, 6.45) is 6.22. The summed E-state index contributed by atoms with van der Waals surface area (Å²) in [4.78, 5) is 47.6. The van der Waals surface area contributed by atoms with Crippen molar-refractivity contribution in [3.63, 3.8) is 0 Å². The molecular formula is C37H59NO10. The minimum absolute atomic E-state index is 0.165. The van der Waals surface area contributed by atoms with Gasteiger partial charge in [-0.05, 0) is 32.3 Å². The summed E-state index contributed by atoms with van der Waals surface area (Å²) in [7, 11) is 0. The number of ether oxygens (including phenoxy) is 4. The molecule has 0 aromatic heterocycles. The number of nitrogens with two attached hydrogens (primary N) is 1. The number of allylic oxidation sites excluding steroid dienone is 3. The van der Waals surface area contributed by atoms with Crippen molar-refractivity contribution in [1.29, 1.82) is 0 Å². The molecule has 0 bridgehead atoms. The third-order valence-corrected chi connectivity index (χ3v) is 9.18. The van der Waals surface area contributed by atoms with Gasteiger partial charge >= 0.3 is 24.0 Å². The van der Waals surface area contributed by atoms with E-state index in [1.165, 1.54) is 13.8 Å². The molecule has 0 unspecified atom stereocenters. The zero-order valence-corrected chi connectivity index (χ0v) is 30.3. The summed E-state index contributed by atoms with van der Waals surface area (Å²) in [6.45, 7) is 21.0.